The normalized spacial score (nSPS) is 12.7. The molecule has 0 bridgehead atoms. The van der Waals surface area contributed by atoms with E-state index in [2.05, 4.69) is 10.6 Å². The van der Waals surface area contributed by atoms with Gasteiger partial charge in [-0.15, -0.1) is 0 Å². The molecule has 0 aliphatic heterocycles. The maximum absolute atomic E-state index is 12.3. The molecular weight excluding hydrogens is 334 g/mol. The van der Waals surface area contributed by atoms with E-state index in [4.69, 9.17) is 5.11 Å². The van der Waals surface area contributed by atoms with Gasteiger partial charge in [-0.3, -0.25) is 9.59 Å². The SMILES string of the molecule is CNC(=O)CN(C)S(=O)(=O)c1ccc(C(=O)N[C@H](C)CCO)cc1. The Morgan fingerprint density at radius 1 is 1.25 bits per heavy atom. The van der Waals surface area contributed by atoms with Crippen molar-refractivity contribution < 1.29 is 23.1 Å². The molecule has 0 aromatic heterocycles. The lowest BCUT2D eigenvalue weighted by atomic mass is 10.2. The fourth-order valence-electron chi connectivity index (χ4n) is 1.90. The maximum Gasteiger partial charge on any atom is 0.251 e. The molecule has 9 heteroatoms. The largest absolute Gasteiger partial charge is 0.396 e. The molecule has 24 heavy (non-hydrogen) atoms. The van der Waals surface area contributed by atoms with Gasteiger partial charge in [0.15, 0.2) is 0 Å². The van der Waals surface area contributed by atoms with Crippen molar-refractivity contribution in [3.8, 4) is 0 Å². The van der Waals surface area contributed by atoms with Crippen molar-refractivity contribution in [3.63, 3.8) is 0 Å². The number of aliphatic hydroxyl groups is 1. The summed E-state index contributed by atoms with van der Waals surface area (Å²) in [6.45, 7) is 1.44. The van der Waals surface area contributed by atoms with Gasteiger partial charge in [0.1, 0.15) is 0 Å². The molecule has 1 atom stereocenters. The average molecular weight is 357 g/mol. The van der Waals surface area contributed by atoms with Crippen molar-refractivity contribution in [1.82, 2.24) is 14.9 Å². The molecule has 134 valence electrons. The van der Waals surface area contributed by atoms with Crippen molar-refractivity contribution in [2.24, 2.45) is 0 Å². The minimum atomic E-state index is -3.81. The van der Waals surface area contributed by atoms with E-state index in [9.17, 15) is 18.0 Å². The molecular formula is C15H23N3O5S. The number of benzene rings is 1. The van der Waals surface area contributed by atoms with Crippen LogP contribution in [0.5, 0.6) is 0 Å². The molecule has 0 aliphatic carbocycles. The zero-order valence-electron chi connectivity index (χ0n) is 13.9. The molecule has 0 radical (unpaired) electrons. The Balaban J connectivity index is 2.86. The van der Waals surface area contributed by atoms with Gasteiger partial charge in [0, 0.05) is 32.3 Å². The Morgan fingerprint density at radius 3 is 2.33 bits per heavy atom. The van der Waals surface area contributed by atoms with Crippen LogP contribution in [0.15, 0.2) is 29.2 Å². The number of carbonyl (C=O) groups excluding carboxylic acids is 2. The molecule has 3 N–H and O–H groups in total. The van der Waals surface area contributed by atoms with Crippen LogP contribution in [0, 0.1) is 0 Å². The highest BCUT2D eigenvalue weighted by Gasteiger charge is 2.23. The number of aliphatic hydroxyl groups excluding tert-OH is 1. The molecule has 0 saturated carbocycles. The number of hydrogen-bond donors (Lipinski definition) is 3. The fourth-order valence-corrected chi connectivity index (χ4v) is 3.02. The Morgan fingerprint density at radius 2 is 1.83 bits per heavy atom. The number of sulfonamides is 1. The highest BCUT2D eigenvalue weighted by atomic mass is 32.2. The van der Waals surface area contributed by atoms with Gasteiger partial charge in [-0.25, -0.2) is 8.42 Å². The van der Waals surface area contributed by atoms with E-state index < -0.39 is 15.9 Å². The third kappa shape index (κ3) is 5.29. The molecule has 8 nitrogen and oxygen atoms in total. The highest BCUT2D eigenvalue weighted by molar-refractivity contribution is 7.89. The minimum absolute atomic E-state index is 0.00569. The standard InChI is InChI=1S/C15H23N3O5S/c1-11(8-9-19)17-15(21)12-4-6-13(7-5-12)24(22,23)18(3)10-14(20)16-2/h4-7,11,19H,8-10H2,1-3H3,(H,16,20)(H,17,21)/t11-/m1/s1. The van der Waals surface area contributed by atoms with Crippen molar-refractivity contribution >= 4 is 21.8 Å². The lowest BCUT2D eigenvalue weighted by molar-refractivity contribution is -0.120. The van der Waals surface area contributed by atoms with Crippen LogP contribution in [0.1, 0.15) is 23.7 Å². The van der Waals surface area contributed by atoms with Crippen molar-refractivity contribution in [3.05, 3.63) is 29.8 Å². The molecule has 0 aliphatic rings. The Bertz CT molecular complexity index is 673. The quantitative estimate of drug-likeness (QED) is 0.583. The van der Waals surface area contributed by atoms with E-state index in [0.717, 1.165) is 4.31 Å². The molecule has 0 fully saturated rings. The van der Waals surface area contributed by atoms with Crippen molar-refractivity contribution in [2.45, 2.75) is 24.3 Å². The van der Waals surface area contributed by atoms with Crippen LogP contribution >= 0.6 is 0 Å². The van der Waals surface area contributed by atoms with Crippen molar-refractivity contribution in [1.29, 1.82) is 0 Å². The van der Waals surface area contributed by atoms with E-state index in [1.807, 2.05) is 0 Å². The van der Waals surface area contributed by atoms with Gasteiger partial charge in [0.05, 0.1) is 11.4 Å². The second-order valence-corrected chi connectivity index (χ2v) is 7.39. The van der Waals surface area contributed by atoms with Crippen LogP contribution in [0.3, 0.4) is 0 Å². The summed E-state index contributed by atoms with van der Waals surface area (Å²) in [6.07, 6.45) is 0.433. The van der Waals surface area contributed by atoms with Gasteiger partial charge in [0.2, 0.25) is 15.9 Å². The second kappa shape index (κ2) is 8.76. The molecule has 0 heterocycles. The third-order valence-corrected chi connectivity index (χ3v) is 5.23. The van der Waals surface area contributed by atoms with Gasteiger partial charge >= 0.3 is 0 Å². The van der Waals surface area contributed by atoms with Crippen LogP contribution < -0.4 is 10.6 Å². The number of carbonyl (C=O) groups is 2. The Labute approximate surface area is 141 Å². The number of rotatable bonds is 8. The van der Waals surface area contributed by atoms with Crippen LogP contribution in [0.2, 0.25) is 0 Å². The fraction of sp³-hybridized carbons (Fsp3) is 0.467. The van der Waals surface area contributed by atoms with Crippen LogP contribution in [-0.4, -0.2) is 62.9 Å². The summed E-state index contributed by atoms with van der Waals surface area (Å²) >= 11 is 0. The van der Waals surface area contributed by atoms with Gasteiger partial charge in [0.25, 0.3) is 5.91 Å². The van der Waals surface area contributed by atoms with Crippen LogP contribution in [0.25, 0.3) is 0 Å². The number of amides is 2. The van der Waals surface area contributed by atoms with Crippen LogP contribution in [0.4, 0.5) is 0 Å². The summed E-state index contributed by atoms with van der Waals surface area (Å²) < 4.78 is 25.6. The zero-order chi connectivity index (χ0) is 18.3. The van der Waals surface area contributed by atoms with E-state index in [1.165, 1.54) is 38.4 Å². The lowest BCUT2D eigenvalue weighted by Crippen LogP contribution is -2.37. The van der Waals surface area contributed by atoms with Crippen LogP contribution in [-0.2, 0) is 14.8 Å². The minimum Gasteiger partial charge on any atom is -0.396 e. The lowest BCUT2D eigenvalue weighted by Gasteiger charge is -2.16. The zero-order valence-corrected chi connectivity index (χ0v) is 14.8. The molecule has 0 saturated heterocycles. The predicted octanol–water partition coefficient (Wildman–Crippen LogP) is -0.446. The summed E-state index contributed by atoms with van der Waals surface area (Å²) in [5, 5.41) is 13.9. The molecule has 1 rings (SSSR count). The van der Waals surface area contributed by atoms with E-state index in [0.29, 0.717) is 12.0 Å². The highest BCUT2D eigenvalue weighted by Crippen LogP contribution is 2.15. The third-order valence-electron chi connectivity index (χ3n) is 3.41. The van der Waals surface area contributed by atoms with Gasteiger partial charge < -0.3 is 15.7 Å². The first-order chi connectivity index (χ1) is 11.2. The Kier molecular flexibility index (Phi) is 7.33. The monoisotopic (exact) mass is 357 g/mol. The van der Waals surface area contributed by atoms with E-state index in [-0.39, 0.29) is 30.0 Å². The summed E-state index contributed by atoms with van der Waals surface area (Å²) in [6, 6.07) is 5.26. The average Bonchev–Trinajstić information content (AvgIpc) is 2.54. The predicted molar refractivity (Wildman–Crippen MR) is 89.0 cm³/mol. The molecule has 2 amide bonds. The first-order valence-corrected chi connectivity index (χ1v) is 8.85. The number of nitrogens with one attached hydrogen (secondary N) is 2. The number of nitrogens with zero attached hydrogens (tertiary/aromatic N) is 1. The molecule has 0 spiro atoms. The first-order valence-electron chi connectivity index (χ1n) is 7.41. The second-order valence-electron chi connectivity index (χ2n) is 5.35. The smallest absolute Gasteiger partial charge is 0.251 e. The van der Waals surface area contributed by atoms with Gasteiger partial charge in [-0.05, 0) is 37.6 Å². The molecule has 1 aromatic carbocycles. The molecule has 0 unspecified atom stereocenters. The maximum atomic E-state index is 12.3. The van der Waals surface area contributed by atoms with Gasteiger partial charge in [-0.2, -0.15) is 4.31 Å². The summed E-state index contributed by atoms with van der Waals surface area (Å²) in [5.41, 5.74) is 0.313. The Hall–Kier alpha value is -1.97. The molecule has 1 aromatic rings. The van der Waals surface area contributed by atoms with Crippen molar-refractivity contribution in [2.75, 3.05) is 27.2 Å². The summed E-state index contributed by atoms with van der Waals surface area (Å²) in [5.74, 6) is -0.770. The number of hydrogen-bond acceptors (Lipinski definition) is 5. The topological polar surface area (TPSA) is 116 Å². The van der Waals surface area contributed by atoms with E-state index in [1.54, 1.807) is 6.92 Å². The van der Waals surface area contributed by atoms with Gasteiger partial charge in [-0.1, -0.05) is 0 Å². The number of likely N-dealkylation sites (N-methyl/N-ethyl adjacent to an activating group) is 2. The first kappa shape index (κ1) is 20.1. The van der Waals surface area contributed by atoms with E-state index >= 15 is 0 Å². The summed E-state index contributed by atoms with van der Waals surface area (Å²) in [4.78, 5) is 23.3. The summed E-state index contributed by atoms with van der Waals surface area (Å²) in [7, 11) is -1.08.